The Bertz CT molecular complexity index is 987. The summed E-state index contributed by atoms with van der Waals surface area (Å²) in [6.07, 6.45) is 0.674. The first-order chi connectivity index (χ1) is 14.3. The van der Waals surface area contributed by atoms with Crippen molar-refractivity contribution in [3.8, 4) is 11.5 Å². The van der Waals surface area contributed by atoms with Gasteiger partial charge in [0, 0.05) is 19.6 Å². The lowest BCUT2D eigenvalue weighted by molar-refractivity contribution is 0.186. The topological polar surface area (TPSA) is 84.9 Å². The van der Waals surface area contributed by atoms with Crippen LogP contribution in [-0.4, -0.2) is 51.9 Å². The number of halogens is 1. The summed E-state index contributed by atoms with van der Waals surface area (Å²) in [4.78, 5) is 14.2. The van der Waals surface area contributed by atoms with E-state index < -0.39 is 20.9 Å². The summed E-state index contributed by atoms with van der Waals surface area (Å²) in [6.45, 7) is 0.985. The molecule has 1 aliphatic heterocycles. The third-order valence-corrected chi connectivity index (χ3v) is 7.48. The zero-order valence-electron chi connectivity index (χ0n) is 16.9. The van der Waals surface area contributed by atoms with Gasteiger partial charge in [0.2, 0.25) is 0 Å². The Kier molecular flexibility index (Phi) is 6.81. The van der Waals surface area contributed by atoms with Gasteiger partial charge >= 0.3 is 6.03 Å². The Morgan fingerprint density at radius 2 is 1.70 bits per heavy atom. The minimum atomic E-state index is -3.55. The Morgan fingerprint density at radius 1 is 1.07 bits per heavy atom. The number of methoxy groups -OCH3 is 2. The van der Waals surface area contributed by atoms with Gasteiger partial charge in [-0.05, 0) is 54.8 Å². The van der Waals surface area contributed by atoms with Gasteiger partial charge in [-0.3, -0.25) is 0 Å². The van der Waals surface area contributed by atoms with Crippen molar-refractivity contribution in [1.29, 1.82) is 0 Å². The highest BCUT2D eigenvalue weighted by Gasteiger charge is 2.32. The van der Waals surface area contributed by atoms with Crippen LogP contribution >= 0.6 is 0 Å². The molecule has 0 aromatic heterocycles. The number of ether oxygens (including phenoxy) is 2. The van der Waals surface area contributed by atoms with E-state index in [4.69, 9.17) is 9.47 Å². The van der Waals surface area contributed by atoms with Gasteiger partial charge in [-0.2, -0.15) is 0 Å². The normalized spacial score (nSPS) is 15.0. The first-order valence-electron chi connectivity index (χ1n) is 9.58. The molecule has 0 unspecified atom stereocenters. The van der Waals surface area contributed by atoms with E-state index in [-0.39, 0.29) is 10.9 Å². The van der Waals surface area contributed by atoms with E-state index in [1.165, 1.54) is 12.1 Å². The summed E-state index contributed by atoms with van der Waals surface area (Å²) in [5, 5.41) is 2.26. The largest absolute Gasteiger partial charge is 0.493 e. The van der Waals surface area contributed by atoms with Crippen molar-refractivity contribution in [2.24, 2.45) is 0 Å². The standard InChI is InChI=1S/C21H25FN2O5S/c1-28-19-8-3-15(13-20(19)29-2)14-23-21(25)24-11-9-18(10-12-24)30(26,27)17-6-4-16(22)5-7-17/h3-8,13,18H,9-12,14H2,1-2H3,(H,23,25). The summed E-state index contributed by atoms with van der Waals surface area (Å²) in [6, 6.07) is 10.0. The number of carbonyl (C=O) groups is 1. The molecular formula is C21H25FN2O5S. The Morgan fingerprint density at radius 3 is 2.30 bits per heavy atom. The highest BCUT2D eigenvalue weighted by atomic mass is 32.2. The first kappa shape index (κ1) is 21.9. The van der Waals surface area contributed by atoms with Gasteiger partial charge in [0.1, 0.15) is 5.82 Å². The van der Waals surface area contributed by atoms with Crippen LogP contribution in [-0.2, 0) is 16.4 Å². The fraction of sp³-hybridized carbons (Fsp3) is 0.381. The van der Waals surface area contributed by atoms with Crippen molar-refractivity contribution in [3.05, 3.63) is 53.8 Å². The van der Waals surface area contributed by atoms with Crippen molar-refractivity contribution in [2.45, 2.75) is 29.5 Å². The lowest BCUT2D eigenvalue weighted by atomic mass is 10.1. The van der Waals surface area contributed by atoms with E-state index in [0.717, 1.165) is 17.7 Å². The molecule has 7 nitrogen and oxygen atoms in total. The van der Waals surface area contributed by atoms with Gasteiger partial charge in [0.05, 0.1) is 24.4 Å². The van der Waals surface area contributed by atoms with Crippen LogP contribution in [0.15, 0.2) is 47.4 Å². The van der Waals surface area contributed by atoms with Crippen LogP contribution in [0.1, 0.15) is 18.4 Å². The fourth-order valence-electron chi connectivity index (χ4n) is 3.47. The highest BCUT2D eigenvalue weighted by molar-refractivity contribution is 7.92. The number of nitrogens with one attached hydrogen (secondary N) is 1. The maximum atomic E-state index is 13.1. The number of hydrogen-bond acceptors (Lipinski definition) is 5. The van der Waals surface area contributed by atoms with E-state index >= 15 is 0 Å². The third-order valence-electron chi connectivity index (χ3n) is 5.20. The lowest BCUT2D eigenvalue weighted by Crippen LogP contribution is -2.46. The number of carbonyl (C=O) groups excluding carboxylic acids is 1. The minimum absolute atomic E-state index is 0.111. The molecule has 2 aromatic rings. The average molecular weight is 437 g/mol. The number of piperidine rings is 1. The summed E-state index contributed by atoms with van der Waals surface area (Å²) in [7, 11) is -0.448. The van der Waals surface area contributed by atoms with Crippen molar-refractivity contribution in [3.63, 3.8) is 0 Å². The van der Waals surface area contributed by atoms with E-state index in [1.54, 1.807) is 31.3 Å². The van der Waals surface area contributed by atoms with Crippen molar-refractivity contribution >= 4 is 15.9 Å². The molecule has 2 amide bonds. The molecule has 1 aliphatic rings. The van der Waals surface area contributed by atoms with E-state index in [1.807, 2.05) is 6.07 Å². The molecule has 162 valence electrons. The molecule has 0 saturated carbocycles. The summed E-state index contributed by atoms with van der Waals surface area (Å²) < 4.78 is 49.0. The van der Waals surface area contributed by atoms with Crippen LogP contribution in [0, 0.1) is 5.82 Å². The van der Waals surface area contributed by atoms with E-state index in [9.17, 15) is 17.6 Å². The van der Waals surface area contributed by atoms with E-state index in [0.29, 0.717) is 44.0 Å². The van der Waals surface area contributed by atoms with Gasteiger partial charge < -0.3 is 19.7 Å². The summed E-state index contributed by atoms with van der Waals surface area (Å²) >= 11 is 0. The average Bonchev–Trinajstić information content (AvgIpc) is 2.77. The molecule has 9 heteroatoms. The second-order valence-corrected chi connectivity index (χ2v) is 9.26. The van der Waals surface area contributed by atoms with Gasteiger partial charge in [-0.25, -0.2) is 17.6 Å². The molecular weight excluding hydrogens is 411 g/mol. The Labute approximate surface area is 175 Å². The quantitative estimate of drug-likeness (QED) is 0.704. The van der Waals surface area contributed by atoms with Crippen LogP contribution in [0.4, 0.5) is 9.18 Å². The zero-order valence-corrected chi connectivity index (χ0v) is 17.7. The van der Waals surface area contributed by atoms with Gasteiger partial charge in [-0.1, -0.05) is 6.07 Å². The maximum absolute atomic E-state index is 13.1. The predicted molar refractivity (Wildman–Crippen MR) is 110 cm³/mol. The second kappa shape index (κ2) is 9.34. The van der Waals surface area contributed by atoms with Crippen LogP contribution in [0.25, 0.3) is 0 Å². The maximum Gasteiger partial charge on any atom is 0.317 e. The molecule has 0 bridgehead atoms. The molecule has 1 fully saturated rings. The lowest BCUT2D eigenvalue weighted by Gasteiger charge is -2.31. The van der Waals surface area contributed by atoms with E-state index in [2.05, 4.69) is 5.32 Å². The molecule has 1 N–H and O–H groups in total. The number of urea groups is 1. The Balaban J connectivity index is 1.55. The van der Waals surface area contributed by atoms with Gasteiger partial charge in [0.15, 0.2) is 21.3 Å². The zero-order chi connectivity index (χ0) is 21.7. The van der Waals surface area contributed by atoms with Crippen molar-refractivity contribution < 1.29 is 27.1 Å². The molecule has 3 rings (SSSR count). The van der Waals surface area contributed by atoms with Crippen molar-refractivity contribution in [1.82, 2.24) is 10.2 Å². The van der Waals surface area contributed by atoms with Crippen LogP contribution in [0.3, 0.4) is 0 Å². The number of benzene rings is 2. The van der Waals surface area contributed by atoms with Crippen LogP contribution in [0.5, 0.6) is 11.5 Å². The highest BCUT2D eigenvalue weighted by Crippen LogP contribution is 2.28. The first-order valence-corrected chi connectivity index (χ1v) is 11.1. The fourth-order valence-corrected chi connectivity index (χ4v) is 5.20. The number of likely N-dealkylation sites (tertiary alicyclic amines) is 1. The van der Waals surface area contributed by atoms with Gasteiger partial charge in [-0.15, -0.1) is 0 Å². The monoisotopic (exact) mass is 436 g/mol. The molecule has 2 aromatic carbocycles. The summed E-state index contributed by atoms with van der Waals surface area (Å²) in [5.41, 5.74) is 0.856. The predicted octanol–water partition coefficient (Wildman–Crippen LogP) is 2.99. The number of amides is 2. The number of nitrogens with zero attached hydrogens (tertiary/aromatic N) is 1. The number of hydrogen-bond donors (Lipinski definition) is 1. The molecule has 0 atom stereocenters. The van der Waals surface area contributed by atoms with Gasteiger partial charge in [0.25, 0.3) is 0 Å². The van der Waals surface area contributed by atoms with Crippen LogP contribution in [0.2, 0.25) is 0 Å². The van der Waals surface area contributed by atoms with Crippen molar-refractivity contribution in [2.75, 3.05) is 27.3 Å². The molecule has 1 saturated heterocycles. The molecule has 30 heavy (non-hydrogen) atoms. The Hall–Kier alpha value is -2.81. The number of sulfone groups is 1. The third kappa shape index (κ3) is 4.84. The van der Waals surface area contributed by atoms with Crippen LogP contribution < -0.4 is 14.8 Å². The second-order valence-electron chi connectivity index (χ2n) is 7.03. The summed E-state index contributed by atoms with van der Waals surface area (Å²) in [5.74, 6) is 0.711. The molecule has 0 spiro atoms. The smallest absolute Gasteiger partial charge is 0.317 e. The molecule has 0 radical (unpaired) electrons. The SMILES string of the molecule is COc1ccc(CNC(=O)N2CCC(S(=O)(=O)c3ccc(F)cc3)CC2)cc1OC. The number of rotatable bonds is 6. The molecule has 1 heterocycles. The minimum Gasteiger partial charge on any atom is -0.493 e. The molecule has 0 aliphatic carbocycles.